The zero-order valence-corrected chi connectivity index (χ0v) is 17.3. The van der Waals surface area contributed by atoms with Crippen molar-refractivity contribution >= 4 is 39.0 Å². The molecule has 2 aromatic heterocycles. The number of aromatic nitrogens is 2. The van der Waals surface area contributed by atoms with Crippen molar-refractivity contribution in [2.75, 3.05) is 25.0 Å². The fraction of sp³-hybridized carbons (Fsp3) is 0.400. The first kappa shape index (κ1) is 19.1. The highest BCUT2D eigenvalue weighted by atomic mass is 35.5. The molecule has 0 saturated heterocycles. The van der Waals surface area contributed by atoms with Crippen LogP contribution in [-0.4, -0.2) is 34.5 Å². The molecule has 0 fully saturated rings. The number of thiophene rings is 1. The lowest BCUT2D eigenvalue weighted by Crippen LogP contribution is -2.33. The molecule has 1 N–H and O–H groups in total. The van der Waals surface area contributed by atoms with Crippen LogP contribution in [0.1, 0.15) is 35.9 Å². The first-order chi connectivity index (χ1) is 12.6. The van der Waals surface area contributed by atoms with Crippen LogP contribution >= 0.6 is 22.9 Å². The van der Waals surface area contributed by atoms with Crippen LogP contribution < -0.4 is 5.32 Å². The standard InChI is InChI=1S/C20H25ClN4S/c1-5-25(6-2)17(15-9-7-8-10-16(15)21)11-22-19-18-13(3)14(4)26-20(18)24-12-23-19/h7-10,12,17H,5-6,11H2,1-4H3,(H,22,23,24)/t17-/m0/s1. The Morgan fingerprint density at radius 3 is 2.58 bits per heavy atom. The minimum Gasteiger partial charge on any atom is -0.367 e. The molecule has 138 valence electrons. The van der Waals surface area contributed by atoms with Crippen molar-refractivity contribution in [3.8, 4) is 0 Å². The van der Waals surface area contributed by atoms with E-state index in [0.717, 1.165) is 46.3 Å². The van der Waals surface area contributed by atoms with Gasteiger partial charge in [0.05, 0.1) is 11.4 Å². The van der Waals surface area contributed by atoms with E-state index in [4.69, 9.17) is 11.6 Å². The third kappa shape index (κ3) is 3.70. The van der Waals surface area contributed by atoms with Crippen LogP contribution in [0.2, 0.25) is 5.02 Å². The van der Waals surface area contributed by atoms with E-state index in [1.807, 2.05) is 18.2 Å². The number of anilines is 1. The van der Waals surface area contributed by atoms with Gasteiger partial charge in [0.1, 0.15) is 17.0 Å². The highest BCUT2D eigenvalue weighted by Crippen LogP contribution is 2.33. The fourth-order valence-corrected chi connectivity index (χ4v) is 4.61. The second-order valence-electron chi connectivity index (χ2n) is 6.33. The summed E-state index contributed by atoms with van der Waals surface area (Å²) in [7, 11) is 0. The molecule has 0 saturated carbocycles. The number of nitrogens with one attached hydrogen (secondary N) is 1. The van der Waals surface area contributed by atoms with Crippen LogP contribution in [0.3, 0.4) is 0 Å². The Hall–Kier alpha value is -1.69. The maximum absolute atomic E-state index is 6.50. The number of halogens is 1. The van der Waals surface area contributed by atoms with Crippen molar-refractivity contribution in [3.63, 3.8) is 0 Å². The topological polar surface area (TPSA) is 41.0 Å². The number of aryl methyl sites for hydroxylation is 2. The largest absolute Gasteiger partial charge is 0.367 e. The van der Waals surface area contributed by atoms with Crippen LogP contribution in [-0.2, 0) is 0 Å². The molecule has 4 nitrogen and oxygen atoms in total. The minimum absolute atomic E-state index is 0.184. The van der Waals surface area contributed by atoms with E-state index in [0.29, 0.717) is 0 Å². The summed E-state index contributed by atoms with van der Waals surface area (Å²) in [6.45, 7) is 11.3. The number of likely N-dealkylation sites (N-methyl/N-ethyl adjacent to an activating group) is 1. The Morgan fingerprint density at radius 1 is 1.15 bits per heavy atom. The maximum Gasteiger partial charge on any atom is 0.138 e. The van der Waals surface area contributed by atoms with Gasteiger partial charge in [-0.15, -0.1) is 11.3 Å². The summed E-state index contributed by atoms with van der Waals surface area (Å²) in [5, 5.41) is 5.51. The second-order valence-corrected chi connectivity index (χ2v) is 7.94. The first-order valence-corrected chi connectivity index (χ1v) is 10.2. The van der Waals surface area contributed by atoms with Crippen LogP contribution in [0, 0.1) is 13.8 Å². The zero-order valence-electron chi connectivity index (χ0n) is 15.7. The average Bonchev–Trinajstić information content (AvgIpc) is 2.94. The van der Waals surface area contributed by atoms with Crippen LogP contribution in [0.4, 0.5) is 5.82 Å². The van der Waals surface area contributed by atoms with Crippen molar-refractivity contribution in [1.29, 1.82) is 0 Å². The van der Waals surface area contributed by atoms with Crippen molar-refractivity contribution < 1.29 is 0 Å². The summed E-state index contributed by atoms with van der Waals surface area (Å²) in [6, 6.07) is 8.28. The highest BCUT2D eigenvalue weighted by molar-refractivity contribution is 7.18. The Morgan fingerprint density at radius 2 is 1.88 bits per heavy atom. The van der Waals surface area contributed by atoms with Gasteiger partial charge in [0, 0.05) is 16.4 Å². The van der Waals surface area contributed by atoms with Crippen molar-refractivity contribution in [1.82, 2.24) is 14.9 Å². The molecule has 0 spiro atoms. The van der Waals surface area contributed by atoms with Gasteiger partial charge in [-0.25, -0.2) is 9.97 Å². The third-order valence-electron chi connectivity index (χ3n) is 4.95. The lowest BCUT2D eigenvalue weighted by Gasteiger charge is -2.31. The summed E-state index contributed by atoms with van der Waals surface area (Å²) in [5.74, 6) is 0.904. The van der Waals surface area contributed by atoms with Gasteiger partial charge in [-0.2, -0.15) is 0 Å². The monoisotopic (exact) mass is 388 g/mol. The molecular weight excluding hydrogens is 364 g/mol. The number of nitrogens with zero attached hydrogens (tertiary/aromatic N) is 3. The van der Waals surface area contributed by atoms with E-state index < -0.39 is 0 Å². The van der Waals surface area contributed by atoms with Gasteiger partial charge in [0.15, 0.2) is 0 Å². The summed E-state index contributed by atoms with van der Waals surface area (Å²) < 4.78 is 0. The molecule has 3 aromatic rings. The zero-order chi connectivity index (χ0) is 18.7. The number of hydrogen-bond donors (Lipinski definition) is 1. The molecule has 0 bridgehead atoms. The van der Waals surface area contributed by atoms with Gasteiger partial charge < -0.3 is 5.32 Å². The first-order valence-electron chi connectivity index (χ1n) is 8.99. The molecule has 0 radical (unpaired) electrons. The summed E-state index contributed by atoms with van der Waals surface area (Å²) >= 11 is 8.22. The Balaban J connectivity index is 1.93. The van der Waals surface area contributed by atoms with Gasteiger partial charge in [0.2, 0.25) is 0 Å². The molecular formula is C20H25ClN4S. The van der Waals surface area contributed by atoms with Gasteiger partial charge in [0.25, 0.3) is 0 Å². The molecule has 0 amide bonds. The highest BCUT2D eigenvalue weighted by Gasteiger charge is 2.21. The minimum atomic E-state index is 0.184. The van der Waals surface area contributed by atoms with Crippen molar-refractivity contribution in [3.05, 3.63) is 51.6 Å². The summed E-state index contributed by atoms with van der Waals surface area (Å²) in [6.07, 6.45) is 1.64. The fourth-order valence-electron chi connectivity index (χ4n) is 3.36. The third-order valence-corrected chi connectivity index (χ3v) is 6.41. The predicted octanol–water partition coefficient (Wildman–Crippen LogP) is 5.46. The molecule has 1 atom stereocenters. The maximum atomic E-state index is 6.50. The van der Waals surface area contributed by atoms with E-state index in [-0.39, 0.29) is 6.04 Å². The Kier molecular flexibility index (Phi) is 6.12. The number of benzene rings is 1. The molecule has 6 heteroatoms. The van der Waals surface area contributed by atoms with E-state index in [2.05, 4.69) is 53.9 Å². The second kappa shape index (κ2) is 8.33. The SMILES string of the molecule is CCN(CC)[C@@H](CNc1ncnc2sc(C)c(C)c12)c1ccccc1Cl. The van der Waals surface area contributed by atoms with E-state index in [9.17, 15) is 0 Å². The number of fused-ring (bicyclic) bond motifs is 1. The molecule has 0 aliphatic carbocycles. The molecule has 1 aromatic carbocycles. The van der Waals surface area contributed by atoms with E-state index in [1.54, 1.807) is 17.7 Å². The van der Waals surface area contributed by atoms with Crippen molar-refractivity contribution in [2.24, 2.45) is 0 Å². The molecule has 26 heavy (non-hydrogen) atoms. The predicted molar refractivity (Wildman–Crippen MR) is 112 cm³/mol. The molecule has 0 unspecified atom stereocenters. The normalized spacial score (nSPS) is 12.7. The Labute approximate surface area is 164 Å². The van der Waals surface area contributed by atoms with Gasteiger partial charge in [-0.05, 0) is 44.1 Å². The van der Waals surface area contributed by atoms with E-state index >= 15 is 0 Å². The molecule has 0 aliphatic rings. The molecule has 3 rings (SSSR count). The number of hydrogen-bond acceptors (Lipinski definition) is 5. The lowest BCUT2D eigenvalue weighted by molar-refractivity contribution is 0.228. The van der Waals surface area contributed by atoms with Crippen LogP contribution in [0.15, 0.2) is 30.6 Å². The Bertz CT molecular complexity index is 889. The number of rotatable bonds is 7. The quantitative estimate of drug-likeness (QED) is 0.583. The molecule has 2 heterocycles. The smallest absolute Gasteiger partial charge is 0.138 e. The summed E-state index contributed by atoms with van der Waals surface area (Å²) in [4.78, 5) is 13.7. The van der Waals surface area contributed by atoms with Gasteiger partial charge in [-0.1, -0.05) is 43.6 Å². The van der Waals surface area contributed by atoms with Gasteiger partial charge in [-0.3, -0.25) is 4.90 Å². The average molecular weight is 389 g/mol. The van der Waals surface area contributed by atoms with E-state index in [1.165, 1.54) is 10.4 Å². The van der Waals surface area contributed by atoms with Gasteiger partial charge >= 0.3 is 0 Å². The summed E-state index contributed by atoms with van der Waals surface area (Å²) in [5.41, 5.74) is 2.40. The van der Waals surface area contributed by atoms with Crippen LogP contribution in [0.5, 0.6) is 0 Å². The van der Waals surface area contributed by atoms with Crippen LogP contribution in [0.25, 0.3) is 10.2 Å². The molecule has 0 aliphatic heterocycles. The lowest BCUT2D eigenvalue weighted by atomic mass is 10.0. The van der Waals surface area contributed by atoms with Crippen molar-refractivity contribution in [2.45, 2.75) is 33.7 Å².